The van der Waals surface area contributed by atoms with E-state index < -0.39 is 11.4 Å². The van der Waals surface area contributed by atoms with Crippen molar-refractivity contribution in [1.82, 2.24) is 10.3 Å². The summed E-state index contributed by atoms with van der Waals surface area (Å²) in [7, 11) is 1.84. The molecular weight excluding hydrogens is 240 g/mol. The largest absolute Gasteiger partial charge is 0.481 e. The highest BCUT2D eigenvalue weighted by atomic mass is 16.4. The van der Waals surface area contributed by atoms with Crippen molar-refractivity contribution in [2.45, 2.75) is 25.7 Å². The van der Waals surface area contributed by atoms with Crippen molar-refractivity contribution < 1.29 is 9.90 Å². The highest BCUT2D eigenvalue weighted by Crippen LogP contribution is 2.36. The second-order valence-electron chi connectivity index (χ2n) is 5.16. The number of hydrogen-bond acceptors (Lipinski definition) is 2. The molecule has 102 valence electrons. The van der Waals surface area contributed by atoms with E-state index in [-0.39, 0.29) is 0 Å². The van der Waals surface area contributed by atoms with E-state index in [1.54, 1.807) is 6.92 Å². The third kappa shape index (κ3) is 2.24. The Morgan fingerprint density at radius 2 is 2.11 bits per heavy atom. The van der Waals surface area contributed by atoms with Gasteiger partial charge in [-0.1, -0.05) is 18.2 Å². The van der Waals surface area contributed by atoms with Gasteiger partial charge in [0.2, 0.25) is 0 Å². The Labute approximate surface area is 112 Å². The van der Waals surface area contributed by atoms with Crippen LogP contribution in [0.25, 0.3) is 10.9 Å². The Bertz CT molecular complexity index is 603. The van der Waals surface area contributed by atoms with Crippen molar-refractivity contribution >= 4 is 16.9 Å². The molecule has 0 amide bonds. The molecule has 1 heterocycles. The summed E-state index contributed by atoms with van der Waals surface area (Å²) in [4.78, 5) is 15.1. The van der Waals surface area contributed by atoms with E-state index >= 15 is 0 Å². The SMILES string of the molecule is CNCCC(C)(C(=O)O)c1c(C)[nH]c2ccccc12. The summed E-state index contributed by atoms with van der Waals surface area (Å²) in [5, 5.41) is 13.7. The summed E-state index contributed by atoms with van der Waals surface area (Å²) in [6, 6.07) is 7.86. The first-order valence-electron chi connectivity index (χ1n) is 6.46. The van der Waals surface area contributed by atoms with E-state index in [1.807, 2.05) is 38.2 Å². The zero-order chi connectivity index (χ0) is 14.0. The number of H-pyrrole nitrogens is 1. The van der Waals surface area contributed by atoms with Gasteiger partial charge in [0.1, 0.15) is 0 Å². The summed E-state index contributed by atoms with van der Waals surface area (Å²) < 4.78 is 0. The molecule has 1 unspecified atom stereocenters. The molecule has 2 aromatic rings. The third-order valence-corrected chi connectivity index (χ3v) is 3.79. The molecule has 1 atom stereocenters. The van der Waals surface area contributed by atoms with Crippen LogP contribution in [0.1, 0.15) is 24.6 Å². The van der Waals surface area contributed by atoms with E-state index in [0.29, 0.717) is 13.0 Å². The highest BCUT2D eigenvalue weighted by Gasteiger charge is 2.38. The van der Waals surface area contributed by atoms with Gasteiger partial charge in [0.25, 0.3) is 0 Å². The molecule has 0 radical (unpaired) electrons. The van der Waals surface area contributed by atoms with Crippen LogP contribution in [0, 0.1) is 6.92 Å². The van der Waals surface area contributed by atoms with E-state index in [9.17, 15) is 9.90 Å². The maximum absolute atomic E-state index is 11.8. The maximum Gasteiger partial charge on any atom is 0.313 e. The molecule has 0 bridgehead atoms. The van der Waals surface area contributed by atoms with E-state index in [1.165, 1.54) is 0 Å². The predicted octanol–water partition coefficient (Wildman–Crippen LogP) is 2.43. The van der Waals surface area contributed by atoms with Gasteiger partial charge in [0.05, 0.1) is 5.41 Å². The number of fused-ring (bicyclic) bond motifs is 1. The standard InChI is InChI=1S/C15H20N2O2/c1-10-13(11-6-4-5-7-12(11)17-10)15(2,14(18)19)8-9-16-3/h4-7,16-17H,8-9H2,1-3H3,(H,18,19). The summed E-state index contributed by atoms with van der Waals surface area (Å²) in [6.07, 6.45) is 0.557. The first-order chi connectivity index (χ1) is 9.00. The van der Waals surface area contributed by atoms with Gasteiger partial charge in [-0.3, -0.25) is 4.79 Å². The zero-order valence-electron chi connectivity index (χ0n) is 11.6. The third-order valence-electron chi connectivity index (χ3n) is 3.79. The van der Waals surface area contributed by atoms with Gasteiger partial charge in [0, 0.05) is 16.6 Å². The number of benzene rings is 1. The van der Waals surface area contributed by atoms with Crippen molar-refractivity contribution in [1.29, 1.82) is 0 Å². The molecule has 0 saturated heterocycles. The van der Waals surface area contributed by atoms with E-state index in [4.69, 9.17) is 0 Å². The lowest BCUT2D eigenvalue weighted by molar-refractivity contribution is -0.143. The summed E-state index contributed by atoms with van der Waals surface area (Å²) in [6.45, 7) is 4.41. The van der Waals surface area contributed by atoms with Crippen molar-refractivity contribution in [2.75, 3.05) is 13.6 Å². The van der Waals surface area contributed by atoms with Crippen LogP contribution in [0.5, 0.6) is 0 Å². The smallest absolute Gasteiger partial charge is 0.313 e. The Hall–Kier alpha value is -1.81. The summed E-state index contributed by atoms with van der Waals surface area (Å²) in [5.74, 6) is -0.782. The molecule has 0 fully saturated rings. The first-order valence-corrected chi connectivity index (χ1v) is 6.46. The lowest BCUT2D eigenvalue weighted by atomic mass is 9.78. The number of carboxylic acid groups (broad SMARTS) is 1. The lowest BCUT2D eigenvalue weighted by Crippen LogP contribution is -2.35. The summed E-state index contributed by atoms with van der Waals surface area (Å²) in [5.41, 5.74) is 1.94. The number of para-hydroxylation sites is 1. The van der Waals surface area contributed by atoms with Crippen molar-refractivity contribution in [3.05, 3.63) is 35.5 Å². The molecule has 0 spiro atoms. The minimum Gasteiger partial charge on any atom is -0.481 e. The number of aliphatic carboxylic acids is 1. The van der Waals surface area contributed by atoms with Crippen molar-refractivity contribution in [2.24, 2.45) is 0 Å². The number of carboxylic acids is 1. The number of aryl methyl sites for hydroxylation is 1. The van der Waals surface area contributed by atoms with Crippen LogP contribution in [-0.2, 0) is 10.2 Å². The molecule has 0 saturated carbocycles. The van der Waals surface area contributed by atoms with Gasteiger partial charge in [-0.2, -0.15) is 0 Å². The molecule has 3 N–H and O–H groups in total. The van der Waals surface area contributed by atoms with E-state index in [0.717, 1.165) is 22.2 Å². The molecule has 1 aromatic carbocycles. The molecule has 4 nitrogen and oxygen atoms in total. The van der Waals surface area contributed by atoms with Gasteiger partial charge in [-0.25, -0.2) is 0 Å². The second-order valence-corrected chi connectivity index (χ2v) is 5.16. The van der Waals surface area contributed by atoms with Gasteiger partial charge >= 0.3 is 5.97 Å². The molecule has 19 heavy (non-hydrogen) atoms. The average molecular weight is 260 g/mol. The van der Waals surface area contributed by atoms with Gasteiger partial charge in [-0.15, -0.1) is 0 Å². The maximum atomic E-state index is 11.8. The van der Waals surface area contributed by atoms with Gasteiger partial charge < -0.3 is 15.4 Å². The van der Waals surface area contributed by atoms with Crippen LogP contribution in [0.3, 0.4) is 0 Å². The van der Waals surface area contributed by atoms with Crippen molar-refractivity contribution in [3.63, 3.8) is 0 Å². The normalized spacial score (nSPS) is 14.5. The predicted molar refractivity (Wildman–Crippen MR) is 76.6 cm³/mol. The Morgan fingerprint density at radius 3 is 2.74 bits per heavy atom. The Morgan fingerprint density at radius 1 is 1.42 bits per heavy atom. The van der Waals surface area contributed by atoms with Gasteiger partial charge in [-0.05, 0) is 45.5 Å². The minimum atomic E-state index is -0.882. The Kier molecular flexibility index (Phi) is 3.62. The number of hydrogen-bond donors (Lipinski definition) is 3. The fourth-order valence-electron chi connectivity index (χ4n) is 2.70. The number of aromatic amines is 1. The molecule has 4 heteroatoms. The molecule has 0 aliphatic heterocycles. The topological polar surface area (TPSA) is 65.1 Å². The van der Waals surface area contributed by atoms with E-state index in [2.05, 4.69) is 10.3 Å². The van der Waals surface area contributed by atoms with Crippen molar-refractivity contribution in [3.8, 4) is 0 Å². The number of aromatic nitrogens is 1. The van der Waals surface area contributed by atoms with Crippen LogP contribution in [0.4, 0.5) is 0 Å². The van der Waals surface area contributed by atoms with Crippen LogP contribution in [0.15, 0.2) is 24.3 Å². The summed E-state index contributed by atoms with van der Waals surface area (Å²) >= 11 is 0. The molecule has 2 rings (SSSR count). The molecule has 0 aliphatic carbocycles. The zero-order valence-corrected chi connectivity index (χ0v) is 11.6. The average Bonchev–Trinajstić information content (AvgIpc) is 2.72. The van der Waals surface area contributed by atoms with Crippen LogP contribution < -0.4 is 5.32 Å². The van der Waals surface area contributed by atoms with Crippen LogP contribution in [0.2, 0.25) is 0 Å². The lowest BCUT2D eigenvalue weighted by Gasteiger charge is -2.25. The second kappa shape index (κ2) is 5.05. The Balaban J connectivity index is 2.62. The molecular formula is C15H20N2O2. The monoisotopic (exact) mass is 260 g/mol. The van der Waals surface area contributed by atoms with Gasteiger partial charge in [0.15, 0.2) is 0 Å². The fourth-order valence-corrected chi connectivity index (χ4v) is 2.70. The van der Waals surface area contributed by atoms with Crippen LogP contribution in [-0.4, -0.2) is 29.7 Å². The van der Waals surface area contributed by atoms with Crippen LogP contribution >= 0.6 is 0 Å². The number of nitrogens with one attached hydrogen (secondary N) is 2. The highest BCUT2D eigenvalue weighted by molar-refractivity contribution is 5.93. The first kappa shape index (κ1) is 13.6. The number of rotatable bonds is 5. The number of carbonyl (C=O) groups is 1. The quantitative estimate of drug-likeness (QED) is 0.773. The molecule has 0 aliphatic rings. The fraction of sp³-hybridized carbons (Fsp3) is 0.400. The molecule has 1 aromatic heterocycles. The minimum absolute atomic E-state index is 0.557.